The fourth-order valence-corrected chi connectivity index (χ4v) is 1.79. The second-order valence-corrected chi connectivity index (χ2v) is 5.43. The molecule has 1 rings (SSSR count). The van der Waals surface area contributed by atoms with Crippen molar-refractivity contribution >= 4 is 11.9 Å². The molecule has 0 aromatic carbocycles. The van der Waals surface area contributed by atoms with Gasteiger partial charge in [0.2, 0.25) is 0 Å². The van der Waals surface area contributed by atoms with Crippen LogP contribution in [0, 0.1) is 5.41 Å². The van der Waals surface area contributed by atoms with Crippen molar-refractivity contribution in [2.75, 3.05) is 13.1 Å². The molecule has 0 saturated carbocycles. The lowest BCUT2D eigenvalue weighted by atomic mass is 9.78. The normalized spacial score (nSPS) is 20.9. The van der Waals surface area contributed by atoms with Gasteiger partial charge in [0.25, 0.3) is 0 Å². The molecular formula is C11H20N2O4. The number of carbonyl (C=O) groups excluding carboxylic acids is 1. The summed E-state index contributed by atoms with van der Waals surface area (Å²) in [4.78, 5) is 23.4. The Hall–Kier alpha value is -1.14. The Morgan fingerprint density at radius 3 is 2.12 bits per heavy atom. The number of aliphatic carboxylic acids is 1. The van der Waals surface area contributed by atoms with E-state index in [0.717, 1.165) is 0 Å². The molecule has 1 aliphatic rings. The molecule has 0 radical (unpaired) electrons. The number of rotatable bonds is 2. The van der Waals surface area contributed by atoms with Gasteiger partial charge < -0.3 is 9.84 Å². The van der Waals surface area contributed by atoms with Gasteiger partial charge in [-0.25, -0.2) is 5.01 Å². The molecule has 0 amide bonds. The van der Waals surface area contributed by atoms with Crippen molar-refractivity contribution in [3.63, 3.8) is 0 Å². The van der Waals surface area contributed by atoms with Crippen LogP contribution in [-0.4, -0.2) is 40.7 Å². The van der Waals surface area contributed by atoms with Gasteiger partial charge in [-0.2, -0.15) is 0 Å². The predicted octanol–water partition coefficient (Wildman–Crippen LogP) is 0.369. The summed E-state index contributed by atoms with van der Waals surface area (Å²) in [5, 5.41) is 10.8. The van der Waals surface area contributed by atoms with Crippen LogP contribution in [0.4, 0.5) is 0 Å². The quantitative estimate of drug-likeness (QED) is 0.414. The van der Waals surface area contributed by atoms with E-state index < -0.39 is 23.0 Å². The summed E-state index contributed by atoms with van der Waals surface area (Å²) in [6.45, 7) is 5.92. The highest BCUT2D eigenvalue weighted by molar-refractivity contribution is 5.99. The van der Waals surface area contributed by atoms with Crippen LogP contribution in [-0.2, 0) is 14.3 Å². The summed E-state index contributed by atoms with van der Waals surface area (Å²) >= 11 is 0. The summed E-state index contributed by atoms with van der Waals surface area (Å²) in [5.74, 6) is 3.79. The van der Waals surface area contributed by atoms with E-state index in [0.29, 0.717) is 13.1 Å². The first-order chi connectivity index (χ1) is 7.67. The Balaban J connectivity index is 2.86. The minimum absolute atomic E-state index is 0.188. The van der Waals surface area contributed by atoms with Gasteiger partial charge in [-0.05, 0) is 33.6 Å². The van der Waals surface area contributed by atoms with Gasteiger partial charge in [0.15, 0.2) is 5.41 Å². The zero-order valence-corrected chi connectivity index (χ0v) is 10.5. The Morgan fingerprint density at radius 2 is 1.76 bits per heavy atom. The number of hydrogen-bond acceptors (Lipinski definition) is 5. The van der Waals surface area contributed by atoms with Crippen LogP contribution < -0.4 is 5.84 Å². The molecule has 0 bridgehead atoms. The number of carbonyl (C=O) groups is 2. The molecule has 98 valence electrons. The maximum Gasteiger partial charge on any atom is 0.324 e. The number of ether oxygens (including phenoxy) is 1. The number of hydrogen-bond donors (Lipinski definition) is 2. The summed E-state index contributed by atoms with van der Waals surface area (Å²) < 4.78 is 5.20. The monoisotopic (exact) mass is 244 g/mol. The highest BCUT2D eigenvalue weighted by Crippen LogP contribution is 2.34. The van der Waals surface area contributed by atoms with Gasteiger partial charge in [0.05, 0.1) is 0 Å². The first-order valence-electron chi connectivity index (χ1n) is 5.64. The Morgan fingerprint density at radius 1 is 1.29 bits per heavy atom. The molecule has 0 atom stereocenters. The molecule has 1 aliphatic heterocycles. The van der Waals surface area contributed by atoms with Crippen molar-refractivity contribution < 1.29 is 19.4 Å². The van der Waals surface area contributed by atoms with E-state index >= 15 is 0 Å². The first kappa shape index (κ1) is 13.9. The molecule has 1 saturated heterocycles. The maximum atomic E-state index is 12.0. The number of carboxylic acid groups (broad SMARTS) is 1. The Kier molecular flexibility index (Phi) is 3.78. The third-order valence-electron chi connectivity index (χ3n) is 2.85. The maximum absolute atomic E-state index is 12.0. The Labute approximate surface area is 101 Å². The molecule has 0 unspecified atom stereocenters. The minimum Gasteiger partial charge on any atom is -0.480 e. The van der Waals surface area contributed by atoms with E-state index in [1.165, 1.54) is 5.01 Å². The summed E-state index contributed by atoms with van der Waals surface area (Å²) in [5.41, 5.74) is -2.12. The molecule has 0 spiro atoms. The number of hydrazine groups is 1. The SMILES string of the molecule is CC(C)(C)OC(=O)C1(C(=O)O)CCN(N)CC1. The second-order valence-electron chi connectivity index (χ2n) is 5.43. The molecular weight excluding hydrogens is 224 g/mol. The van der Waals surface area contributed by atoms with E-state index in [2.05, 4.69) is 0 Å². The summed E-state index contributed by atoms with van der Waals surface area (Å²) in [6.07, 6.45) is 0.376. The molecule has 1 fully saturated rings. The van der Waals surface area contributed by atoms with Crippen molar-refractivity contribution in [3.05, 3.63) is 0 Å². The van der Waals surface area contributed by atoms with E-state index in [9.17, 15) is 14.7 Å². The number of nitrogens with zero attached hydrogens (tertiary/aromatic N) is 1. The number of piperidine rings is 1. The van der Waals surface area contributed by atoms with Crippen molar-refractivity contribution in [2.24, 2.45) is 11.3 Å². The Bertz CT molecular complexity index is 314. The number of esters is 1. The molecule has 0 aromatic heterocycles. The lowest BCUT2D eigenvalue weighted by molar-refractivity contribution is -0.180. The molecule has 0 aliphatic carbocycles. The molecule has 0 aromatic rings. The second kappa shape index (κ2) is 4.62. The molecule has 17 heavy (non-hydrogen) atoms. The van der Waals surface area contributed by atoms with Crippen molar-refractivity contribution in [1.82, 2.24) is 5.01 Å². The average molecular weight is 244 g/mol. The van der Waals surface area contributed by atoms with Crippen molar-refractivity contribution in [3.8, 4) is 0 Å². The number of nitrogens with two attached hydrogens (primary N) is 1. The minimum atomic E-state index is -1.44. The van der Waals surface area contributed by atoms with Crippen LogP contribution in [0.25, 0.3) is 0 Å². The molecule has 1 heterocycles. The molecule has 3 N–H and O–H groups in total. The van der Waals surface area contributed by atoms with Gasteiger partial charge >= 0.3 is 11.9 Å². The number of carboxylic acids is 1. The lowest BCUT2D eigenvalue weighted by Gasteiger charge is -2.36. The van der Waals surface area contributed by atoms with Crippen molar-refractivity contribution in [1.29, 1.82) is 0 Å². The van der Waals surface area contributed by atoms with Crippen molar-refractivity contribution in [2.45, 2.75) is 39.2 Å². The van der Waals surface area contributed by atoms with E-state index in [-0.39, 0.29) is 12.8 Å². The standard InChI is InChI=1S/C11H20N2O4/c1-10(2,3)17-9(16)11(8(14)15)4-6-13(12)7-5-11/h4-7,12H2,1-3H3,(H,14,15). The van der Waals surface area contributed by atoms with Gasteiger partial charge in [0.1, 0.15) is 5.60 Å². The average Bonchev–Trinajstić information content (AvgIpc) is 2.15. The van der Waals surface area contributed by atoms with Gasteiger partial charge in [-0.3, -0.25) is 15.4 Å². The predicted molar refractivity (Wildman–Crippen MR) is 60.9 cm³/mol. The topological polar surface area (TPSA) is 92.9 Å². The summed E-state index contributed by atoms with van der Waals surface area (Å²) in [6, 6.07) is 0. The highest BCUT2D eigenvalue weighted by atomic mass is 16.6. The molecule has 6 heteroatoms. The van der Waals surface area contributed by atoms with Crippen LogP contribution in [0.3, 0.4) is 0 Å². The van der Waals surface area contributed by atoms with E-state index in [4.69, 9.17) is 10.6 Å². The van der Waals surface area contributed by atoms with Crippen LogP contribution in [0.1, 0.15) is 33.6 Å². The van der Waals surface area contributed by atoms with Crippen LogP contribution in [0.5, 0.6) is 0 Å². The fourth-order valence-electron chi connectivity index (χ4n) is 1.79. The third kappa shape index (κ3) is 3.17. The zero-order chi connectivity index (χ0) is 13.3. The molecule has 6 nitrogen and oxygen atoms in total. The third-order valence-corrected chi connectivity index (χ3v) is 2.85. The van der Waals surface area contributed by atoms with Crippen LogP contribution in [0.15, 0.2) is 0 Å². The lowest BCUT2D eigenvalue weighted by Crippen LogP contribution is -2.52. The summed E-state index contributed by atoms with van der Waals surface area (Å²) in [7, 11) is 0. The highest BCUT2D eigenvalue weighted by Gasteiger charge is 2.50. The van der Waals surface area contributed by atoms with Crippen LogP contribution in [0.2, 0.25) is 0 Å². The first-order valence-corrected chi connectivity index (χ1v) is 5.64. The zero-order valence-electron chi connectivity index (χ0n) is 10.5. The smallest absolute Gasteiger partial charge is 0.324 e. The van der Waals surface area contributed by atoms with E-state index in [1.807, 2.05) is 0 Å². The fraction of sp³-hybridized carbons (Fsp3) is 0.818. The van der Waals surface area contributed by atoms with Crippen LogP contribution >= 0.6 is 0 Å². The van der Waals surface area contributed by atoms with Gasteiger partial charge in [0, 0.05) is 13.1 Å². The largest absolute Gasteiger partial charge is 0.480 e. The van der Waals surface area contributed by atoms with E-state index in [1.54, 1.807) is 20.8 Å². The van der Waals surface area contributed by atoms with Gasteiger partial charge in [-0.15, -0.1) is 0 Å². The van der Waals surface area contributed by atoms with Gasteiger partial charge in [-0.1, -0.05) is 0 Å².